The first-order valence-electron chi connectivity index (χ1n) is 8.67. The lowest BCUT2D eigenvalue weighted by atomic mass is 9.85. The number of methoxy groups -OCH3 is 1. The number of ether oxygens (including phenoxy) is 2. The van der Waals surface area contributed by atoms with Crippen LogP contribution in [-0.2, 0) is 11.2 Å². The third-order valence-corrected chi connectivity index (χ3v) is 4.83. The van der Waals surface area contributed by atoms with Crippen LogP contribution in [0.15, 0.2) is 48.0 Å². The standard InChI is InChI=1S/C21H19F3O4/c1-3-20(21(22,23)24)17(19(25)26)12-15-8-7-14(11-18(15)28-20)9-13-5-4-6-16(10-13)27-2/h4-8,10-12H,3,9H2,1-2H3,(H,25,26). The van der Waals surface area contributed by atoms with Gasteiger partial charge in [-0.3, -0.25) is 0 Å². The average molecular weight is 392 g/mol. The molecule has 0 radical (unpaired) electrons. The molecule has 0 aliphatic carbocycles. The van der Waals surface area contributed by atoms with E-state index in [-0.39, 0.29) is 5.75 Å². The van der Waals surface area contributed by atoms with Crippen molar-refractivity contribution in [2.75, 3.05) is 7.11 Å². The van der Waals surface area contributed by atoms with Crippen LogP contribution in [0.2, 0.25) is 0 Å². The molecule has 0 spiro atoms. The van der Waals surface area contributed by atoms with Gasteiger partial charge in [0.05, 0.1) is 12.7 Å². The summed E-state index contributed by atoms with van der Waals surface area (Å²) in [4.78, 5) is 11.5. The Morgan fingerprint density at radius 2 is 1.89 bits per heavy atom. The smallest absolute Gasteiger partial charge is 0.432 e. The van der Waals surface area contributed by atoms with E-state index in [2.05, 4.69) is 0 Å². The van der Waals surface area contributed by atoms with Crippen LogP contribution < -0.4 is 9.47 Å². The summed E-state index contributed by atoms with van der Waals surface area (Å²) in [5.41, 5.74) is -1.71. The predicted octanol–water partition coefficient (Wildman–Crippen LogP) is 4.86. The first-order chi connectivity index (χ1) is 13.2. The zero-order valence-electron chi connectivity index (χ0n) is 15.3. The van der Waals surface area contributed by atoms with Gasteiger partial charge in [-0.1, -0.05) is 31.2 Å². The zero-order chi connectivity index (χ0) is 20.5. The molecule has 0 fully saturated rings. The third-order valence-electron chi connectivity index (χ3n) is 4.83. The lowest BCUT2D eigenvalue weighted by Crippen LogP contribution is -2.54. The molecule has 0 saturated carbocycles. The molecule has 7 heteroatoms. The normalized spacial score (nSPS) is 18.7. The van der Waals surface area contributed by atoms with Crippen LogP contribution in [-0.4, -0.2) is 30.0 Å². The van der Waals surface area contributed by atoms with Crippen molar-refractivity contribution in [1.82, 2.24) is 0 Å². The predicted molar refractivity (Wildman–Crippen MR) is 97.6 cm³/mol. The highest BCUT2D eigenvalue weighted by molar-refractivity contribution is 5.96. The van der Waals surface area contributed by atoms with E-state index in [1.54, 1.807) is 25.3 Å². The van der Waals surface area contributed by atoms with Gasteiger partial charge in [-0.2, -0.15) is 13.2 Å². The molecule has 1 unspecified atom stereocenters. The molecule has 4 nitrogen and oxygen atoms in total. The van der Waals surface area contributed by atoms with Gasteiger partial charge in [-0.05, 0) is 48.2 Å². The Morgan fingerprint density at radius 3 is 2.50 bits per heavy atom. The number of hydrogen-bond donors (Lipinski definition) is 1. The number of benzene rings is 2. The quantitative estimate of drug-likeness (QED) is 0.790. The highest BCUT2D eigenvalue weighted by Crippen LogP contribution is 2.47. The van der Waals surface area contributed by atoms with Gasteiger partial charge >= 0.3 is 12.1 Å². The van der Waals surface area contributed by atoms with Gasteiger partial charge in [0, 0.05) is 5.56 Å². The minimum Gasteiger partial charge on any atom is -0.497 e. The summed E-state index contributed by atoms with van der Waals surface area (Å²) >= 11 is 0. The fourth-order valence-corrected chi connectivity index (χ4v) is 3.34. The highest BCUT2D eigenvalue weighted by Gasteiger charge is 2.61. The van der Waals surface area contributed by atoms with Gasteiger partial charge in [-0.25, -0.2) is 4.79 Å². The maximum Gasteiger partial charge on any atom is 0.432 e. The lowest BCUT2D eigenvalue weighted by Gasteiger charge is -2.38. The number of carboxylic acid groups (broad SMARTS) is 1. The zero-order valence-corrected chi connectivity index (χ0v) is 15.3. The average Bonchev–Trinajstić information content (AvgIpc) is 2.65. The van der Waals surface area contributed by atoms with Crippen LogP contribution in [0.1, 0.15) is 30.0 Å². The van der Waals surface area contributed by atoms with E-state index in [9.17, 15) is 23.1 Å². The number of carbonyl (C=O) groups is 1. The van der Waals surface area contributed by atoms with E-state index < -0.39 is 29.7 Å². The van der Waals surface area contributed by atoms with E-state index >= 15 is 0 Å². The van der Waals surface area contributed by atoms with E-state index in [1.165, 1.54) is 13.0 Å². The van der Waals surface area contributed by atoms with Crippen molar-refractivity contribution in [2.45, 2.75) is 31.5 Å². The fourth-order valence-electron chi connectivity index (χ4n) is 3.34. The van der Waals surface area contributed by atoms with Crippen molar-refractivity contribution in [1.29, 1.82) is 0 Å². The Hall–Kier alpha value is -2.96. The largest absolute Gasteiger partial charge is 0.497 e. The first-order valence-corrected chi connectivity index (χ1v) is 8.67. The Bertz CT molecular complexity index is 933. The van der Waals surface area contributed by atoms with Gasteiger partial charge in [0.2, 0.25) is 5.60 Å². The molecule has 1 N–H and O–H groups in total. The van der Waals surface area contributed by atoms with Crippen LogP contribution >= 0.6 is 0 Å². The van der Waals surface area contributed by atoms with Crippen molar-refractivity contribution in [3.63, 3.8) is 0 Å². The maximum absolute atomic E-state index is 13.8. The second kappa shape index (κ2) is 7.22. The van der Waals surface area contributed by atoms with Crippen LogP contribution in [0.5, 0.6) is 11.5 Å². The summed E-state index contributed by atoms with van der Waals surface area (Å²) in [5, 5.41) is 9.33. The third kappa shape index (κ3) is 3.44. The molecule has 0 aromatic heterocycles. The molecule has 1 aliphatic heterocycles. The van der Waals surface area contributed by atoms with E-state index in [0.717, 1.165) is 17.2 Å². The van der Waals surface area contributed by atoms with Crippen LogP contribution in [0.4, 0.5) is 13.2 Å². The molecule has 28 heavy (non-hydrogen) atoms. The van der Waals surface area contributed by atoms with Crippen molar-refractivity contribution in [3.8, 4) is 11.5 Å². The number of fused-ring (bicyclic) bond motifs is 1. The minimum absolute atomic E-state index is 0.0181. The molecular formula is C21H19F3O4. The number of hydrogen-bond acceptors (Lipinski definition) is 3. The molecule has 3 rings (SSSR count). The number of alkyl halides is 3. The molecular weight excluding hydrogens is 373 g/mol. The second-order valence-corrected chi connectivity index (χ2v) is 6.54. The molecule has 0 bridgehead atoms. The minimum atomic E-state index is -4.87. The topological polar surface area (TPSA) is 55.8 Å². The summed E-state index contributed by atoms with van der Waals surface area (Å²) in [5.74, 6) is -0.947. The Balaban J connectivity index is 2.01. The second-order valence-electron chi connectivity index (χ2n) is 6.54. The summed E-state index contributed by atoms with van der Waals surface area (Å²) in [7, 11) is 1.56. The molecule has 0 saturated heterocycles. The molecule has 0 amide bonds. The molecule has 1 atom stereocenters. The number of rotatable bonds is 5. The summed E-state index contributed by atoms with van der Waals surface area (Å²) in [6.07, 6.45) is -3.90. The van der Waals surface area contributed by atoms with Crippen LogP contribution in [0.25, 0.3) is 6.08 Å². The molecule has 1 aliphatic rings. The molecule has 1 heterocycles. The fraction of sp³-hybridized carbons (Fsp3) is 0.286. The van der Waals surface area contributed by atoms with Gasteiger partial charge in [0.25, 0.3) is 0 Å². The monoisotopic (exact) mass is 392 g/mol. The Labute approximate surface area is 160 Å². The molecule has 148 valence electrons. The van der Waals surface area contributed by atoms with E-state index in [1.807, 2.05) is 18.2 Å². The van der Waals surface area contributed by atoms with Gasteiger partial charge in [0.1, 0.15) is 11.5 Å². The molecule has 2 aromatic carbocycles. The number of carboxylic acids is 1. The summed E-state index contributed by atoms with van der Waals surface area (Å²) in [6.45, 7) is 1.26. The van der Waals surface area contributed by atoms with E-state index in [4.69, 9.17) is 9.47 Å². The van der Waals surface area contributed by atoms with Gasteiger partial charge in [0.15, 0.2) is 0 Å². The highest BCUT2D eigenvalue weighted by atomic mass is 19.4. The first kappa shape index (κ1) is 19.8. The van der Waals surface area contributed by atoms with E-state index in [0.29, 0.717) is 17.7 Å². The van der Waals surface area contributed by atoms with Crippen molar-refractivity contribution in [2.24, 2.45) is 0 Å². The number of halogens is 3. The maximum atomic E-state index is 13.8. The van der Waals surface area contributed by atoms with Crippen LogP contribution in [0, 0.1) is 0 Å². The SMILES string of the molecule is CCC1(C(F)(F)F)Oc2cc(Cc3cccc(OC)c3)ccc2C=C1C(=O)O. The number of aliphatic carboxylic acids is 1. The summed E-state index contributed by atoms with van der Waals surface area (Å²) in [6, 6.07) is 12.2. The van der Waals surface area contributed by atoms with Crippen molar-refractivity contribution >= 4 is 12.0 Å². The van der Waals surface area contributed by atoms with Crippen molar-refractivity contribution < 1.29 is 32.5 Å². The van der Waals surface area contributed by atoms with Gasteiger partial charge < -0.3 is 14.6 Å². The lowest BCUT2D eigenvalue weighted by molar-refractivity contribution is -0.236. The van der Waals surface area contributed by atoms with Crippen molar-refractivity contribution in [3.05, 3.63) is 64.7 Å². The Kier molecular flexibility index (Phi) is 5.10. The molecule has 2 aromatic rings. The van der Waals surface area contributed by atoms with Crippen LogP contribution in [0.3, 0.4) is 0 Å². The summed E-state index contributed by atoms with van der Waals surface area (Å²) < 4.78 is 51.9. The van der Waals surface area contributed by atoms with Gasteiger partial charge in [-0.15, -0.1) is 0 Å². The Morgan fingerprint density at radius 1 is 1.18 bits per heavy atom.